The number of ether oxygens (including phenoxy) is 1. The van der Waals surface area contributed by atoms with E-state index in [2.05, 4.69) is 113 Å². The van der Waals surface area contributed by atoms with E-state index in [1.54, 1.807) is 11.3 Å². The SMILES string of the molecule is CC(=O)OCCN(CCc1cccs1)C(c1ccccc1)(c1ccccc1)c1ccccc1. The molecule has 0 spiro atoms. The van der Waals surface area contributed by atoms with Crippen LogP contribution in [0.2, 0.25) is 0 Å². The summed E-state index contributed by atoms with van der Waals surface area (Å²) in [4.78, 5) is 15.4. The van der Waals surface area contributed by atoms with Crippen LogP contribution in [0.4, 0.5) is 0 Å². The molecule has 1 heterocycles. The lowest BCUT2D eigenvalue weighted by atomic mass is 9.75. The van der Waals surface area contributed by atoms with E-state index in [1.807, 2.05) is 0 Å². The molecule has 3 aromatic carbocycles. The molecule has 0 aliphatic heterocycles. The number of thiophene rings is 1. The molecule has 0 unspecified atom stereocenters. The molecule has 0 bridgehead atoms. The van der Waals surface area contributed by atoms with Crippen LogP contribution in [0.25, 0.3) is 0 Å². The fourth-order valence-corrected chi connectivity index (χ4v) is 5.23. The van der Waals surface area contributed by atoms with Gasteiger partial charge in [0.25, 0.3) is 0 Å². The van der Waals surface area contributed by atoms with Crippen molar-refractivity contribution in [3.63, 3.8) is 0 Å². The van der Waals surface area contributed by atoms with Gasteiger partial charge in [-0.2, -0.15) is 0 Å². The van der Waals surface area contributed by atoms with Gasteiger partial charge < -0.3 is 4.74 Å². The number of benzene rings is 3. The summed E-state index contributed by atoms with van der Waals surface area (Å²) in [5.41, 5.74) is 3.05. The van der Waals surface area contributed by atoms with Gasteiger partial charge in [-0.3, -0.25) is 9.69 Å². The maximum absolute atomic E-state index is 11.6. The normalized spacial score (nSPS) is 11.5. The molecule has 0 N–H and O–H groups in total. The van der Waals surface area contributed by atoms with Crippen LogP contribution in [0.3, 0.4) is 0 Å². The van der Waals surface area contributed by atoms with E-state index in [0.717, 1.165) is 13.0 Å². The molecule has 4 heteroatoms. The van der Waals surface area contributed by atoms with Gasteiger partial charge in [0.05, 0.1) is 5.54 Å². The van der Waals surface area contributed by atoms with Crippen molar-refractivity contribution in [2.24, 2.45) is 0 Å². The standard InChI is InChI=1S/C29H29NO2S/c1-24(31)32-22-21-30(20-19-28-18-11-23-33-28)29(25-12-5-2-6-13-25,26-14-7-3-8-15-26)27-16-9-4-10-17-27/h2-18,23H,19-22H2,1H3. The molecule has 4 rings (SSSR count). The third kappa shape index (κ3) is 5.24. The molecule has 0 aliphatic rings. The van der Waals surface area contributed by atoms with Crippen LogP contribution in [0, 0.1) is 0 Å². The second kappa shape index (κ2) is 11.1. The van der Waals surface area contributed by atoms with Crippen LogP contribution < -0.4 is 0 Å². The quantitative estimate of drug-likeness (QED) is 0.212. The fourth-order valence-electron chi connectivity index (χ4n) is 4.53. The largest absolute Gasteiger partial charge is 0.465 e. The van der Waals surface area contributed by atoms with Crippen molar-refractivity contribution in [2.45, 2.75) is 18.9 Å². The summed E-state index contributed by atoms with van der Waals surface area (Å²) in [5.74, 6) is -0.252. The molecule has 0 saturated carbocycles. The number of hydrogen-bond acceptors (Lipinski definition) is 4. The average Bonchev–Trinajstić information content (AvgIpc) is 3.38. The highest BCUT2D eigenvalue weighted by Gasteiger charge is 2.41. The van der Waals surface area contributed by atoms with E-state index in [4.69, 9.17) is 4.74 Å². The maximum atomic E-state index is 11.6. The predicted octanol–water partition coefficient (Wildman–Crippen LogP) is 6.15. The molecule has 4 aromatic rings. The van der Waals surface area contributed by atoms with Crippen molar-refractivity contribution < 1.29 is 9.53 Å². The smallest absolute Gasteiger partial charge is 0.302 e. The second-order valence-electron chi connectivity index (χ2n) is 7.96. The zero-order valence-corrected chi connectivity index (χ0v) is 19.7. The minimum absolute atomic E-state index is 0.252. The van der Waals surface area contributed by atoms with Crippen molar-refractivity contribution in [3.8, 4) is 0 Å². The van der Waals surface area contributed by atoms with Crippen LogP contribution in [0.1, 0.15) is 28.5 Å². The maximum Gasteiger partial charge on any atom is 0.302 e. The Morgan fingerprint density at radius 2 is 1.27 bits per heavy atom. The van der Waals surface area contributed by atoms with Gasteiger partial charge in [-0.05, 0) is 34.6 Å². The molecule has 0 amide bonds. The Morgan fingerprint density at radius 3 is 1.70 bits per heavy atom. The topological polar surface area (TPSA) is 29.5 Å². The Bertz CT molecular complexity index is 1020. The van der Waals surface area contributed by atoms with E-state index >= 15 is 0 Å². The third-order valence-electron chi connectivity index (χ3n) is 5.92. The van der Waals surface area contributed by atoms with Gasteiger partial charge in [0.2, 0.25) is 0 Å². The number of esters is 1. The summed E-state index contributed by atoms with van der Waals surface area (Å²) in [5, 5.41) is 2.12. The van der Waals surface area contributed by atoms with Crippen molar-refractivity contribution >= 4 is 17.3 Å². The van der Waals surface area contributed by atoms with E-state index in [0.29, 0.717) is 13.2 Å². The van der Waals surface area contributed by atoms with Crippen molar-refractivity contribution in [2.75, 3.05) is 19.7 Å². The molecule has 33 heavy (non-hydrogen) atoms. The van der Waals surface area contributed by atoms with Crippen molar-refractivity contribution in [1.29, 1.82) is 0 Å². The Morgan fingerprint density at radius 1 is 0.758 bits per heavy atom. The summed E-state index contributed by atoms with van der Waals surface area (Å²) >= 11 is 1.78. The molecule has 3 nitrogen and oxygen atoms in total. The minimum Gasteiger partial charge on any atom is -0.465 e. The monoisotopic (exact) mass is 455 g/mol. The molecule has 0 aliphatic carbocycles. The summed E-state index contributed by atoms with van der Waals surface area (Å²) in [6.45, 7) is 3.24. The van der Waals surface area contributed by atoms with Gasteiger partial charge in [-0.25, -0.2) is 0 Å². The average molecular weight is 456 g/mol. The first kappa shape index (κ1) is 23.0. The molecule has 168 valence electrons. The zero-order chi connectivity index (χ0) is 22.9. The molecule has 0 atom stereocenters. The van der Waals surface area contributed by atoms with Crippen LogP contribution in [-0.4, -0.2) is 30.6 Å². The molecule has 1 aromatic heterocycles. The summed E-state index contributed by atoms with van der Waals surface area (Å²) < 4.78 is 5.43. The zero-order valence-electron chi connectivity index (χ0n) is 18.9. The summed E-state index contributed by atoms with van der Waals surface area (Å²) in [6, 6.07) is 36.2. The van der Waals surface area contributed by atoms with E-state index in [1.165, 1.54) is 28.5 Å². The predicted molar refractivity (Wildman–Crippen MR) is 135 cm³/mol. The van der Waals surface area contributed by atoms with Crippen molar-refractivity contribution in [3.05, 3.63) is 130 Å². The lowest BCUT2D eigenvalue weighted by Crippen LogP contribution is -2.50. The van der Waals surface area contributed by atoms with E-state index in [9.17, 15) is 4.79 Å². The highest BCUT2D eigenvalue weighted by molar-refractivity contribution is 7.09. The number of hydrogen-bond donors (Lipinski definition) is 0. The number of carbonyl (C=O) groups excluding carboxylic acids is 1. The number of carbonyl (C=O) groups is 1. The first-order chi connectivity index (χ1) is 16.2. The van der Waals surface area contributed by atoms with Crippen LogP contribution in [0.15, 0.2) is 109 Å². The Balaban J connectivity index is 1.89. The molecule has 0 radical (unpaired) electrons. The Kier molecular flexibility index (Phi) is 7.71. The van der Waals surface area contributed by atoms with E-state index < -0.39 is 5.54 Å². The third-order valence-corrected chi connectivity index (χ3v) is 6.86. The van der Waals surface area contributed by atoms with Gasteiger partial charge in [0.15, 0.2) is 0 Å². The first-order valence-electron chi connectivity index (χ1n) is 11.3. The Hall–Kier alpha value is -3.21. The van der Waals surface area contributed by atoms with Crippen molar-refractivity contribution in [1.82, 2.24) is 4.90 Å². The highest BCUT2D eigenvalue weighted by Crippen LogP contribution is 2.42. The lowest BCUT2D eigenvalue weighted by Gasteiger charge is -2.45. The molecule has 0 saturated heterocycles. The summed E-state index contributed by atoms with van der Waals surface area (Å²) in [7, 11) is 0. The highest BCUT2D eigenvalue weighted by atomic mass is 32.1. The number of nitrogens with zero attached hydrogens (tertiary/aromatic N) is 1. The fraction of sp³-hybridized carbons (Fsp3) is 0.207. The van der Waals surface area contributed by atoms with Crippen LogP contribution >= 0.6 is 11.3 Å². The van der Waals surface area contributed by atoms with Gasteiger partial charge in [0, 0.05) is 24.9 Å². The van der Waals surface area contributed by atoms with Crippen LogP contribution in [0.5, 0.6) is 0 Å². The van der Waals surface area contributed by atoms with Gasteiger partial charge in [-0.1, -0.05) is 97.1 Å². The number of rotatable bonds is 10. The first-order valence-corrected chi connectivity index (χ1v) is 12.2. The molecular formula is C29H29NO2S. The van der Waals surface area contributed by atoms with Crippen LogP contribution in [-0.2, 0) is 21.5 Å². The van der Waals surface area contributed by atoms with Gasteiger partial charge >= 0.3 is 5.97 Å². The summed E-state index contributed by atoms with van der Waals surface area (Å²) in [6.07, 6.45) is 0.923. The van der Waals surface area contributed by atoms with E-state index in [-0.39, 0.29) is 5.97 Å². The molecular weight excluding hydrogens is 426 g/mol. The second-order valence-corrected chi connectivity index (χ2v) is 9.00. The minimum atomic E-state index is -0.527. The molecule has 0 fully saturated rings. The van der Waals surface area contributed by atoms with Gasteiger partial charge in [-0.15, -0.1) is 11.3 Å². The lowest BCUT2D eigenvalue weighted by molar-refractivity contribution is -0.141. The Labute approximate surface area is 200 Å². The van der Waals surface area contributed by atoms with Gasteiger partial charge in [0.1, 0.15) is 6.61 Å².